The lowest BCUT2D eigenvalue weighted by Gasteiger charge is -2.30. The van der Waals surface area contributed by atoms with Crippen LogP contribution in [0.2, 0.25) is 0 Å². The highest BCUT2D eigenvalue weighted by Gasteiger charge is 2.34. The SMILES string of the molecule is CC.CC(C)(C)OC(=O)CNC(=O)c1c(O)c2ccc(C#N)c3c2n(c1=O)C(c1ccc(C(F)(F)F)cc1)CO3. The lowest BCUT2D eigenvalue weighted by Crippen LogP contribution is -2.40. The van der Waals surface area contributed by atoms with Gasteiger partial charge in [0.15, 0.2) is 5.75 Å². The molecule has 40 heavy (non-hydrogen) atoms. The number of ether oxygens (including phenoxy) is 2. The van der Waals surface area contributed by atoms with Crippen molar-refractivity contribution in [3.8, 4) is 17.6 Å². The number of rotatable bonds is 4. The van der Waals surface area contributed by atoms with Gasteiger partial charge in [-0.1, -0.05) is 26.0 Å². The van der Waals surface area contributed by atoms with Crippen molar-refractivity contribution in [3.63, 3.8) is 0 Å². The van der Waals surface area contributed by atoms with Crippen LogP contribution in [0.5, 0.6) is 11.5 Å². The van der Waals surface area contributed by atoms with Crippen LogP contribution in [0.3, 0.4) is 0 Å². The standard InChI is InChI=1S/C26H22F3N3O6.C2H6/c1-25(2,3)38-18(33)11-31-23(35)19-21(34)16-9-6-14(10-30)22-20(16)32(24(19)36)17(12-37-22)13-4-7-15(8-5-13)26(27,28)29;1-2/h4-9,17,34H,11-12H2,1-3H3,(H,31,35);1-2H3. The first-order chi connectivity index (χ1) is 18.7. The Morgan fingerprint density at radius 3 is 2.33 bits per heavy atom. The number of hydrogen-bond acceptors (Lipinski definition) is 7. The van der Waals surface area contributed by atoms with Gasteiger partial charge in [-0.2, -0.15) is 18.4 Å². The predicted molar refractivity (Wildman–Crippen MR) is 139 cm³/mol. The maximum atomic E-state index is 13.7. The highest BCUT2D eigenvalue weighted by atomic mass is 19.4. The van der Waals surface area contributed by atoms with Gasteiger partial charge >= 0.3 is 12.1 Å². The number of alkyl halides is 3. The van der Waals surface area contributed by atoms with Gasteiger partial charge in [-0.05, 0) is 50.6 Å². The van der Waals surface area contributed by atoms with Crippen molar-refractivity contribution in [3.05, 3.63) is 69.0 Å². The molecular weight excluding hydrogens is 531 g/mol. The summed E-state index contributed by atoms with van der Waals surface area (Å²) in [6.07, 6.45) is -4.57. The van der Waals surface area contributed by atoms with Crippen LogP contribution in [-0.4, -0.2) is 40.3 Å². The summed E-state index contributed by atoms with van der Waals surface area (Å²) in [4.78, 5) is 38.7. The molecule has 1 aromatic heterocycles. The minimum Gasteiger partial charge on any atom is -0.506 e. The third-order valence-corrected chi connectivity index (χ3v) is 5.78. The summed E-state index contributed by atoms with van der Waals surface area (Å²) in [6, 6.07) is 7.68. The van der Waals surface area contributed by atoms with Crippen molar-refractivity contribution in [1.29, 1.82) is 5.26 Å². The second-order valence-corrected chi connectivity index (χ2v) is 9.56. The van der Waals surface area contributed by atoms with Crippen LogP contribution < -0.4 is 15.6 Å². The molecule has 2 aromatic carbocycles. The summed E-state index contributed by atoms with van der Waals surface area (Å²) < 4.78 is 51.2. The Bertz CT molecular complexity index is 1550. The maximum absolute atomic E-state index is 13.7. The first-order valence-electron chi connectivity index (χ1n) is 12.4. The molecule has 1 atom stereocenters. The Balaban J connectivity index is 0.00000216. The average molecular weight is 560 g/mol. The largest absolute Gasteiger partial charge is 0.506 e. The number of nitrogens with one attached hydrogen (secondary N) is 1. The summed E-state index contributed by atoms with van der Waals surface area (Å²) in [7, 11) is 0. The molecule has 0 radical (unpaired) electrons. The maximum Gasteiger partial charge on any atom is 0.416 e. The van der Waals surface area contributed by atoms with Crippen LogP contribution in [-0.2, 0) is 15.7 Å². The molecule has 1 amide bonds. The van der Waals surface area contributed by atoms with Crippen molar-refractivity contribution in [2.24, 2.45) is 0 Å². The van der Waals surface area contributed by atoms with Crippen LogP contribution in [0.1, 0.15) is 67.7 Å². The fourth-order valence-electron chi connectivity index (χ4n) is 4.19. The van der Waals surface area contributed by atoms with Crippen LogP contribution in [0.25, 0.3) is 10.9 Å². The van der Waals surface area contributed by atoms with E-state index in [9.17, 15) is 37.9 Å². The smallest absolute Gasteiger partial charge is 0.416 e. The van der Waals surface area contributed by atoms with E-state index in [-0.39, 0.29) is 34.4 Å². The Morgan fingerprint density at radius 2 is 1.77 bits per heavy atom. The van der Waals surface area contributed by atoms with Crippen molar-refractivity contribution in [2.45, 2.75) is 52.4 Å². The molecule has 12 heteroatoms. The van der Waals surface area contributed by atoms with Crippen molar-refractivity contribution < 1.29 is 37.3 Å². The molecule has 0 saturated carbocycles. The summed E-state index contributed by atoms with van der Waals surface area (Å²) in [5.74, 6) is -2.55. The molecule has 0 saturated heterocycles. The molecule has 0 fully saturated rings. The number of carbonyl (C=O) groups is 2. The highest BCUT2D eigenvalue weighted by molar-refractivity contribution is 6.04. The normalized spacial score (nSPS) is 14.3. The molecule has 3 aromatic rings. The van der Waals surface area contributed by atoms with Gasteiger partial charge in [-0.15, -0.1) is 0 Å². The quantitative estimate of drug-likeness (QED) is 0.444. The van der Waals surface area contributed by atoms with Crippen molar-refractivity contribution >= 4 is 22.8 Å². The lowest BCUT2D eigenvalue weighted by molar-refractivity contribution is -0.153. The first kappa shape index (κ1) is 30.0. The Labute approximate surface area is 227 Å². The molecule has 4 rings (SSSR count). The Hall–Kier alpha value is -4.53. The number of hydrogen-bond donors (Lipinski definition) is 2. The number of nitrogens with zero attached hydrogens (tertiary/aromatic N) is 2. The summed E-state index contributed by atoms with van der Waals surface area (Å²) in [6.45, 7) is 8.08. The van der Waals surface area contributed by atoms with E-state index < -0.39 is 58.7 Å². The fraction of sp³-hybridized carbons (Fsp3) is 0.357. The first-order valence-corrected chi connectivity index (χ1v) is 12.4. The lowest BCUT2D eigenvalue weighted by atomic mass is 9.99. The Morgan fingerprint density at radius 1 is 1.15 bits per heavy atom. The van der Waals surface area contributed by atoms with Crippen LogP contribution in [0.4, 0.5) is 13.2 Å². The third kappa shape index (κ3) is 5.88. The number of aromatic nitrogens is 1. The number of halogens is 3. The molecule has 0 aliphatic carbocycles. The number of aromatic hydroxyl groups is 1. The molecule has 0 bridgehead atoms. The number of pyridine rings is 1. The van der Waals surface area contributed by atoms with Crippen molar-refractivity contribution in [2.75, 3.05) is 13.2 Å². The van der Waals surface area contributed by atoms with E-state index in [4.69, 9.17) is 9.47 Å². The van der Waals surface area contributed by atoms with Crippen LogP contribution >= 0.6 is 0 Å². The van der Waals surface area contributed by atoms with Gasteiger partial charge < -0.3 is 19.9 Å². The van der Waals surface area contributed by atoms with E-state index in [0.717, 1.165) is 16.7 Å². The van der Waals surface area contributed by atoms with Crippen LogP contribution in [0.15, 0.2) is 41.2 Å². The van der Waals surface area contributed by atoms with E-state index in [1.54, 1.807) is 20.8 Å². The summed E-state index contributed by atoms with van der Waals surface area (Å²) >= 11 is 0. The van der Waals surface area contributed by atoms with Gasteiger partial charge in [0, 0.05) is 5.39 Å². The van der Waals surface area contributed by atoms with E-state index in [1.165, 1.54) is 24.3 Å². The molecule has 1 aliphatic rings. The van der Waals surface area contributed by atoms with Gasteiger partial charge in [0.25, 0.3) is 11.5 Å². The highest BCUT2D eigenvalue weighted by Crippen LogP contribution is 2.41. The Kier molecular flexibility index (Phi) is 8.48. The minimum atomic E-state index is -4.57. The molecule has 1 unspecified atom stereocenters. The monoisotopic (exact) mass is 559 g/mol. The molecule has 1 aliphatic heterocycles. The molecule has 2 N–H and O–H groups in total. The second-order valence-electron chi connectivity index (χ2n) is 9.56. The van der Waals surface area contributed by atoms with E-state index in [0.29, 0.717) is 0 Å². The van der Waals surface area contributed by atoms with Gasteiger partial charge in [-0.3, -0.25) is 19.0 Å². The van der Waals surface area contributed by atoms with Crippen LogP contribution in [0, 0.1) is 11.3 Å². The molecule has 0 spiro atoms. The zero-order valence-corrected chi connectivity index (χ0v) is 22.5. The minimum absolute atomic E-state index is 0.00219. The second kappa shape index (κ2) is 11.3. The van der Waals surface area contributed by atoms with E-state index in [2.05, 4.69) is 5.32 Å². The topological polar surface area (TPSA) is 131 Å². The number of benzene rings is 2. The zero-order chi connectivity index (χ0) is 30.0. The molecule has 2 heterocycles. The van der Waals surface area contributed by atoms with Gasteiger partial charge in [0.1, 0.15) is 36.1 Å². The third-order valence-electron chi connectivity index (χ3n) is 5.78. The van der Waals surface area contributed by atoms with Gasteiger partial charge in [0.2, 0.25) is 0 Å². The van der Waals surface area contributed by atoms with E-state index in [1.807, 2.05) is 19.9 Å². The average Bonchev–Trinajstić information content (AvgIpc) is 2.89. The number of esters is 1. The number of nitriles is 1. The number of amides is 1. The van der Waals surface area contributed by atoms with E-state index >= 15 is 0 Å². The summed E-state index contributed by atoms with van der Waals surface area (Å²) in [5.41, 5.74) is -3.06. The summed E-state index contributed by atoms with van der Waals surface area (Å²) in [5, 5.41) is 22.7. The fourth-order valence-corrected chi connectivity index (χ4v) is 4.19. The van der Waals surface area contributed by atoms with Crippen molar-refractivity contribution in [1.82, 2.24) is 9.88 Å². The molecule has 212 valence electrons. The molecule has 9 nitrogen and oxygen atoms in total. The predicted octanol–water partition coefficient (Wildman–Crippen LogP) is 4.68. The molecular formula is C28H28F3N3O6. The van der Waals surface area contributed by atoms with Gasteiger partial charge in [0.05, 0.1) is 22.7 Å². The number of carbonyl (C=O) groups excluding carboxylic acids is 2. The zero-order valence-electron chi connectivity index (χ0n) is 22.5. The van der Waals surface area contributed by atoms with Gasteiger partial charge in [-0.25, -0.2) is 0 Å².